The SMILES string of the molecule is CCOc1ccc([C@@H]2[C@@H](C(=O)Nc3ccccn3)c3ccccc3C(=O)N2CCN2CCOCC2)cc1. The lowest BCUT2D eigenvalue weighted by Crippen LogP contribution is -2.49. The summed E-state index contributed by atoms with van der Waals surface area (Å²) < 4.78 is 11.1. The van der Waals surface area contributed by atoms with Gasteiger partial charge in [0.05, 0.1) is 31.8 Å². The molecule has 192 valence electrons. The average Bonchev–Trinajstić information content (AvgIpc) is 2.94. The highest BCUT2D eigenvalue weighted by Crippen LogP contribution is 2.43. The van der Waals surface area contributed by atoms with Crippen LogP contribution < -0.4 is 10.1 Å². The van der Waals surface area contributed by atoms with Gasteiger partial charge in [-0.3, -0.25) is 14.5 Å². The summed E-state index contributed by atoms with van der Waals surface area (Å²) in [5.74, 6) is 0.354. The molecule has 1 N–H and O–H groups in total. The Morgan fingerprint density at radius 1 is 1.03 bits per heavy atom. The first-order valence-corrected chi connectivity index (χ1v) is 12.8. The fourth-order valence-electron chi connectivity index (χ4n) is 5.13. The van der Waals surface area contributed by atoms with E-state index in [2.05, 4.69) is 15.2 Å². The number of anilines is 1. The number of nitrogens with one attached hydrogen (secondary N) is 1. The Balaban J connectivity index is 1.54. The Hall–Kier alpha value is -3.75. The second-order valence-electron chi connectivity index (χ2n) is 9.17. The molecule has 2 aliphatic heterocycles. The number of carbonyl (C=O) groups is 2. The largest absolute Gasteiger partial charge is 0.494 e. The van der Waals surface area contributed by atoms with Gasteiger partial charge in [0.1, 0.15) is 11.6 Å². The molecule has 2 atom stereocenters. The molecule has 8 nitrogen and oxygen atoms in total. The highest BCUT2D eigenvalue weighted by Gasteiger charge is 2.44. The molecule has 1 fully saturated rings. The monoisotopic (exact) mass is 500 g/mol. The quantitative estimate of drug-likeness (QED) is 0.508. The van der Waals surface area contributed by atoms with Crippen LogP contribution in [0.25, 0.3) is 0 Å². The van der Waals surface area contributed by atoms with Crippen LogP contribution in [0.2, 0.25) is 0 Å². The van der Waals surface area contributed by atoms with Gasteiger partial charge in [-0.1, -0.05) is 36.4 Å². The number of ether oxygens (including phenoxy) is 2. The van der Waals surface area contributed by atoms with Gasteiger partial charge in [-0.05, 0) is 48.4 Å². The predicted octanol–water partition coefficient (Wildman–Crippen LogP) is 3.73. The van der Waals surface area contributed by atoms with E-state index in [1.807, 2.05) is 66.4 Å². The fraction of sp³-hybridized carbons (Fsp3) is 0.345. The third kappa shape index (κ3) is 5.50. The van der Waals surface area contributed by atoms with Crippen LogP contribution in [0.4, 0.5) is 5.82 Å². The van der Waals surface area contributed by atoms with Crippen molar-refractivity contribution < 1.29 is 19.1 Å². The Morgan fingerprint density at radius 3 is 2.51 bits per heavy atom. The van der Waals surface area contributed by atoms with Gasteiger partial charge in [0.2, 0.25) is 5.91 Å². The summed E-state index contributed by atoms with van der Waals surface area (Å²) in [7, 11) is 0. The van der Waals surface area contributed by atoms with Crippen LogP contribution in [0.15, 0.2) is 72.9 Å². The van der Waals surface area contributed by atoms with E-state index in [1.54, 1.807) is 18.3 Å². The first-order valence-electron chi connectivity index (χ1n) is 12.8. The Labute approximate surface area is 217 Å². The van der Waals surface area contributed by atoms with E-state index in [1.165, 1.54) is 0 Å². The average molecular weight is 501 g/mol. The van der Waals surface area contributed by atoms with Gasteiger partial charge in [0.15, 0.2) is 0 Å². The predicted molar refractivity (Wildman–Crippen MR) is 141 cm³/mol. The molecule has 0 aliphatic carbocycles. The number of hydrogen-bond donors (Lipinski definition) is 1. The molecular weight excluding hydrogens is 468 g/mol. The minimum atomic E-state index is -0.612. The van der Waals surface area contributed by atoms with Crippen molar-refractivity contribution in [1.29, 1.82) is 0 Å². The third-order valence-corrected chi connectivity index (χ3v) is 6.93. The van der Waals surface area contributed by atoms with Crippen molar-refractivity contribution >= 4 is 17.6 Å². The van der Waals surface area contributed by atoms with Crippen molar-refractivity contribution in [2.45, 2.75) is 18.9 Å². The number of amides is 2. The topological polar surface area (TPSA) is 84.0 Å². The summed E-state index contributed by atoms with van der Waals surface area (Å²) in [6.07, 6.45) is 1.65. The fourth-order valence-corrected chi connectivity index (χ4v) is 5.13. The van der Waals surface area contributed by atoms with Gasteiger partial charge in [-0.25, -0.2) is 4.98 Å². The molecule has 5 rings (SSSR count). The Bertz CT molecular complexity index is 1210. The molecule has 3 heterocycles. The molecule has 37 heavy (non-hydrogen) atoms. The van der Waals surface area contributed by atoms with E-state index in [9.17, 15) is 9.59 Å². The number of hydrogen-bond acceptors (Lipinski definition) is 6. The van der Waals surface area contributed by atoms with Crippen molar-refractivity contribution in [3.8, 4) is 5.75 Å². The number of carbonyl (C=O) groups excluding carboxylic acids is 2. The van der Waals surface area contributed by atoms with Crippen molar-refractivity contribution in [2.75, 3.05) is 51.3 Å². The normalized spacial score (nSPS) is 19.8. The third-order valence-electron chi connectivity index (χ3n) is 6.93. The van der Waals surface area contributed by atoms with Crippen LogP contribution in [0.1, 0.15) is 40.4 Å². The number of fused-ring (bicyclic) bond motifs is 1. The van der Waals surface area contributed by atoms with Crippen molar-refractivity contribution in [1.82, 2.24) is 14.8 Å². The second kappa shape index (κ2) is 11.5. The van der Waals surface area contributed by atoms with E-state index in [0.717, 1.165) is 30.0 Å². The van der Waals surface area contributed by atoms with Gasteiger partial charge in [0, 0.05) is 37.9 Å². The second-order valence-corrected chi connectivity index (χ2v) is 9.17. The van der Waals surface area contributed by atoms with Gasteiger partial charge in [-0.15, -0.1) is 0 Å². The molecule has 0 unspecified atom stereocenters. The van der Waals surface area contributed by atoms with E-state index in [0.29, 0.717) is 44.3 Å². The molecule has 0 spiro atoms. The molecule has 0 radical (unpaired) electrons. The lowest BCUT2D eigenvalue weighted by Gasteiger charge is -2.42. The number of benzene rings is 2. The van der Waals surface area contributed by atoms with Gasteiger partial charge in [-0.2, -0.15) is 0 Å². The van der Waals surface area contributed by atoms with Crippen LogP contribution in [0.5, 0.6) is 5.75 Å². The summed E-state index contributed by atoms with van der Waals surface area (Å²) in [5, 5.41) is 2.99. The van der Waals surface area contributed by atoms with Crippen molar-refractivity contribution in [3.63, 3.8) is 0 Å². The van der Waals surface area contributed by atoms with E-state index < -0.39 is 12.0 Å². The maximum absolute atomic E-state index is 13.9. The highest BCUT2D eigenvalue weighted by molar-refractivity contribution is 6.04. The molecule has 0 bridgehead atoms. The minimum absolute atomic E-state index is 0.0652. The first kappa shape index (κ1) is 24.9. The van der Waals surface area contributed by atoms with Crippen LogP contribution in [0, 0.1) is 0 Å². The lowest BCUT2D eigenvalue weighted by molar-refractivity contribution is -0.119. The van der Waals surface area contributed by atoms with E-state index in [-0.39, 0.29) is 11.8 Å². The Morgan fingerprint density at radius 2 is 1.78 bits per heavy atom. The molecule has 1 saturated heterocycles. The van der Waals surface area contributed by atoms with Crippen LogP contribution in [0.3, 0.4) is 0 Å². The minimum Gasteiger partial charge on any atom is -0.494 e. The van der Waals surface area contributed by atoms with Crippen LogP contribution in [-0.4, -0.2) is 72.6 Å². The van der Waals surface area contributed by atoms with Crippen LogP contribution >= 0.6 is 0 Å². The smallest absolute Gasteiger partial charge is 0.254 e. The number of morpholine rings is 1. The zero-order chi connectivity index (χ0) is 25.6. The van der Waals surface area contributed by atoms with Gasteiger partial charge in [0.25, 0.3) is 5.91 Å². The maximum atomic E-state index is 13.9. The molecule has 0 saturated carbocycles. The molecule has 2 aromatic carbocycles. The lowest BCUT2D eigenvalue weighted by atomic mass is 9.79. The highest BCUT2D eigenvalue weighted by atomic mass is 16.5. The summed E-state index contributed by atoms with van der Waals surface area (Å²) in [5.41, 5.74) is 2.17. The molecule has 3 aromatic rings. The zero-order valence-electron chi connectivity index (χ0n) is 21.0. The number of pyridine rings is 1. The van der Waals surface area contributed by atoms with Gasteiger partial charge < -0.3 is 19.7 Å². The molecule has 1 aromatic heterocycles. The maximum Gasteiger partial charge on any atom is 0.254 e. The van der Waals surface area contributed by atoms with Crippen LogP contribution in [-0.2, 0) is 9.53 Å². The van der Waals surface area contributed by atoms with Crippen molar-refractivity contribution in [2.24, 2.45) is 0 Å². The van der Waals surface area contributed by atoms with Gasteiger partial charge >= 0.3 is 0 Å². The number of aromatic nitrogens is 1. The van der Waals surface area contributed by atoms with E-state index in [4.69, 9.17) is 9.47 Å². The summed E-state index contributed by atoms with van der Waals surface area (Å²) in [6.45, 7) is 6.75. The summed E-state index contributed by atoms with van der Waals surface area (Å²) >= 11 is 0. The van der Waals surface area contributed by atoms with Crippen molar-refractivity contribution in [3.05, 3.63) is 89.6 Å². The first-order chi connectivity index (χ1) is 18.2. The number of rotatable bonds is 8. The molecule has 2 aliphatic rings. The van der Waals surface area contributed by atoms with E-state index >= 15 is 0 Å². The molecule has 8 heteroatoms. The molecular formula is C29H32N4O4. The summed E-state index contributed by atoms with van der Waals surface area (Å²) in [6, 6.07) is 20.1. The zero-order valence-corrected chi connectivity index (χ0v) is 21.0. The molecule has 2 amide bonds. The standard InChI is InChI=1S/C29H32N4O4/c1-2-37-22-12-10-21(11-13-22)27-26(28(34)31-25-9-5-6-14-30-25)23-7-3-4-8-24(23)29(35)33(27)16-15-32-17-19-36-20-18-32/h3-14,26-27H,2,15-20H2,1H3,(H,30,31,34)/t26-,27+/m0/s1. The summed E-state index contributed by atoms with van der Waals surface area (Å²) in [4.78, 5) is 36.2. The number of nitrogens with zero attached hydrogens (tertiary/aromatic N) is 3. The Kier molecular flexibility index (Phi) is 7.77.